The summed E-state index contributed by atoms with van der Waals surface area (Å²) in [5.74, 6) is -0.920. The monoisotopic (exact) mass is 247 g/mol. The Balaban J connectivity index is 2.70. The molecule has 0 aliphatic rings. The van der Waals surface area contributed by atoms with Gasteiger partial charge in [-0.1, -0.05) is 12.1 Å². The van der Waals surface area contributed by atoms with E-state index in [2.05, 4.69) is 0 Å². The molecule has 2 aromatic rings. The standard InChI is InChI=1S/C13H17N3O2/c14-5-4-9-8-16(7-6-15)12-10(9)2-1-3-11(12)13(17)18/h1-3,8H,4-7,14-15H2,(H,17,18). The van der Waals surface area contributed by atoms with Crippen LogP contribution in [0.2, 0.25) is 0 Å². The summed E-state index contributed by atoms with van der Waals surface area (Å²) in [5, 5.41) is 10.2. The normalized spacial score (nSPS) is 11.0. The molecule has 0 aliphatic heterocycles. The minimum Gasteiger partial charge on any atom is -0.478 e. The second-order valence-electron chi connectivity index (χ2n) is 4.18. The fraction of sp³-hybridized carbons (Fsp3) is 0.308. The van der Waals surface area contributed by atoms with Gasteiger partial charge in [-0.2, -0.15) is 0 Å². The van der Waals surface area contributed by atoms with E-state index in [9.17, 15) is 9.90 Å². The maximum atomic E-state index is 11.3. The Morgan fingerprint density at radius 2 is 2.06 bits per heavy atom. The van der Waals surface area contributed by atoms with Gasteiger partial charge in [0.15, 0.2) is 0 Å². The summed E-state index contributed by atoms with van der Waals surface area (Å²) in [6.07, 6.45) is 2.69. The van der Waals surface area contributed by atoms with Gasteiger partial charge in [-0.05, 0) is 24.6 Å². The summed E-state index contributed by atoms with van der Waals surface area (Å²) in [7, 11) is 0. The number of hydrogen-bond acceptors (Lipinski definition) is 3. The summed E-state index contributed by atoms with van der Waals surface area (Å²) >= 11 is 0. The van der Waals surface area contributed by atoms with Crippen LogP contribution in [-0.4, -0.2) is 28.7 Å². The third-order valence-electron chi connectivity index (χ3n) is 2.99. The van der Waals surface area contributed by atoms with Gasteiger partial charge in [0.1, 0.15) is 0 Å². The van der Waals surface area contributed by atoms with Crippen molar-refractivity contribution < 1.29 is 9.90 Å². The summed E-state index contributed by atoms with van der Waals surface area (Å²) in [6, 6.07) is 5.31. The van der Waals surface area contributed by atoms with E-state index >= 15 is 0 Å². The third-order valence-corrected chi connectivity index (χ3v) is 2.99. The van der Waals surface area contributed by atoms with Crippen molar-refractivity contribution in [3.8, 4) is 0 Å². The van der Waals surface area contributed by atoms with Crippen molar-refractivity contribution in [2.75, 3.05) is 13.1 Å². The topological polar surface area (TPSA) is 94.3 Å². The first-order chi connectivity index (χ1) is 8.69. The zero-order valence-electron chi connectivity index (χ0n) is 10.1. The van der Waals surface area contributed by atoms with Crippen LogP contribution in [0.5, 0.6) is 0 Å². The van der Waals surface area contributed by atoms with E-state index in [-0.39, 0.29) is 0 Å². The first kappa shape index (κ1) is 12.6. The molecule has 0 amide bonds. The van der Waals surface area contributed by atoms with Gasteiger partial charge in [-0.15, -0.1) is 0 Å². The Hall–Kier alpha value is -1.85. The maximum Gasteiger partial charge on any atom is 0.337 e. The van der Waals surface area contributed by atoms with Crippen molar-refractivity contribution in [1.29, 1.82) is 0 Å². The molecular weight excluding hydrogens is 230 g/mol. The fourth-order valence-electron chi connectivity index (χ4n) is 2.28. The van der Waals surface area contributed by atoms with Crippen LogP contribution >= 0.6 is 0 Å². The number of carboxylic acid groups (broad SMARTS) is 1. The zero-order valence-corrected chi connectivity index (χ0v) is 10.1. The number of carbonyl (C=O) groups is 1. The number of nitrogens with two attached hydrogens (primary N) is 2. The smallest absolute Gasteiger partial charge is 0.337 e. The van der Waals surface area contributed by atoms with Crippen LogP contribution in [0.25, 0.3) is 10.9 Å². The van der Waals surface area contributed by atoms with Crippen molar-refractivity contribution in [2.24, 2.45) is 11.5 Å². The van der Waals surface area contributed by atoms with Gasteiger partial charge in [-0.25, -0.2) is 4.79 Å². The lowest BCUT2D eigenvalue weighted by Gasteiger charge is -2.05. The average Bonchev–Trinajstić information content (AvgIpc) is 2.69. The first-order valence-electron chi connectivity index (χ1n) is 5.93. The van der Waals surface area contributed by atoms with Crippen LogP contribution in [0.3, 0.4) is 0 Å². The van der Waals surface area contributed by atoms with E-state index in [0.717, 1.165) is 22.9 Å². The van der Waals surface area contributed by atoms with Gasteiger partial charge in [0.2, 0.25) is 0 Å². The van der Waals surface area contributed by atoms with Crippen LogP contribution in [-0.2, 0) is 13.0 Å². The predicted octanol–water partition coefficient (Wildman–Crippen LogP) is 0.799. The van der Waals surface area contributed by atoms with Crippen LogP contribution in [0.1, 0.15) is 15.9 Å². The lowest BCUT2D eigenvalue weighted by molar-refractivity contribution is 0.0698. The molecule has 5 nitrogen and oxygen atoms in total. The highest BCUT2D eigenvalue weighted by molar-refractivity contribution is 6.03. The number of carboxylic acids is 1. The van der Waals surface area contributed by atoms with Crippen LogP contribution in [0, 0.1) is 0 Å². The van der Waals surface area contributed by atoms with Crippen LogP contribution in [0.15, 0.2) is 24.4 Å². The molecule has 2 rings (SSSR count). The summed E-state index contributed by atoms with van der Waals surface area (Å²) < 4.78 is 1.91. The molecule has 0 atom stereocenters. The van der Waals surface area contributed by atoms with Gasteiger partial charge >= 0.3 is 5.97 Å². The van der Waals surface area contributed by atoms with E-state index < -0.39 is 5.97 Å². The second-order valence-corrected chi connectivity index (χ2v) is 4.18. The van der Waals surface area contributed by atoms with Crippen molar-refractivity contribution in [3.05, 3.63) is 35.5 Å². The molecule has 1 heterocycles. The Labute approximate surface area is 105 Å². The van der Waals surface area contributed by atoms with Gasteiger partial charge in [0.05, 0.1) is 11.1 Å². The van der Waals surface area contributed by atoms with E-state index in [0.29, 0.717) is 25.2 Å². The highest BCUT2D eigenvalue weighted by atomic mass is 16.4. The van der Waals surface area contributed by atoms with Crippen LogP contribution < -0.4 is 11.5 Å². The number of aromatic nitrogens is 1. The van der Waals surface area contributed by atoms with Gasteiger partial charge in [-0.3, -0.25) is 0 Å². The molecule has 0 aliphatic carbocycles. The lowest BCUT2D eigenvalue weighted by Crippen LogP contribution is -2.10. The van der Waals surface area contributed by atoms with E-state index in [1.165, 1.54) is 0 Å². The number of fused-ring (bicyclic) bond motifs is 1. The molecule has 0 saturated carbocycles. The van der Waals surface area contributed by atoms with Gasteiger partial charge in [0, 0.05) is 24.7 Å². The van der Waals surface area contributed by atoms with Crippen molar-refractivity contribution in [3.63, 3.8) is 0 Å². The lowest BCUT2D eigenvalue weighted by atomic mass is 10.1. The number of para-hydroxylation sites is 1. The van der Waals surface area contributed by atoms with E-state index in [4.69, 9.17) is 11.5 Å². The van der Waals surface area contributed by atoms with E-state index in [1.807, 2.05) is 16.8 Å². The molecule has 5 heteroatoms. The van der Waals surface area contributed by atoms with Gasteiger partial charge in [0.25, 0.3) is 0 Å². The number of benzene rings is 1. The summed E-state index contributed by atoms with van der Waals surface area (Å²) in [5.41, 5.74) is 13.3. The minimum absolute atomic E-state index is 0.309. The second kappa shape index (κ2) is 5.20. The Morgan fingerprint density at radius 3 is 2.67 bits per heavy atom. The molecule has 96 valence electrons. The zero-order chi connectivity index (χ0) is 13.1. The maximum absolute atomic E-state index is 11.3. The molecule has 0 unspecified atom stereocenters. The average molecular weight is 247 g/mol. The number of rotatable bonds is 5. The SMILES string of the molecule is NCCc1cn(CCN)c2c(C(=O)O)cccc12. The molecular formula is C13H17N3O2. The largest absolute Gasteiger partial charge is 0.478 e. The number of aromatic carboxylic acids is 1. The number of hydrogen-bond donors (Lipinski definition) is 3. The molecule has 0 radical (unpaired) electrons. The Bertz CT molecular complexity index is 575. The van der Waals surface area contributed by atoms with Gasteiger partial charge < -0.3 is 21.1 Å². The Kier molecular flexibility index (Phi) is 3.64. The van der Waals surface area contributed by atoms with Crippen molar-refractivity contribution in [2.45, 2.75) is 13.0 Å². The predicted molar refractivity (Wildman–Crippen MR) is 70.7 cm³/mol. The molecule has 5 N–H and O–H groups in total. The molecule has 0 bridgehead atoms. The molecule has 1 aromatic heterocycles. The highest BCUT2D eigenvalue weighted by Crippen LogP contribution is 2.25. The molecule has 18 heavy (non-hydrogen) atoms. The highest BCUT2D eigenvalue weighted by Gasteiger charge is 2.15. The fourth-order valence-corrected chi connectivity index (χ4v) is 2.28. The third kappa shape index (κ3) is 2.10. The summed E-state index contributed by atoms with van der Waals surface area (Å²) in [4.78, 5) is 11.3. The quantitative estimate of drug-likeness (QED) is 0.728. The first-order valence-corrected chi connectivity index (χ1v) is 5.93. The molecule has 0 spiro atoms. The minimum atomic E-state index is -0.920. The molecule has 0 saturated heterocycles. The molecule has 1 aromatic carbocycles. The van der Waals surface area contributed by atoms with Crippen molar-refractivity contribution in [1.82, 2.24) is 4.57 Å². The Morgan fingerprint density at radius 1 is 1.28 bits per heavy atom. The number of nitrogens with zero attached hydrogens (tertiary/aromatic N) is 1. The van der Waals surface area contributed by atoms with Crippen molar-refractivity contribution >= 4 is 16.9 Å². The summed E-state index contributed by atoms with van der Waals surface area (Å²) in [6.45, 7) is 1.62. The van der Waals surface area contributed by atoms with E-state index in [1.54, 1.807) is 12.1 Å². The van der Waals surface area contributed by atoms with Crippen LogP contribution in [0.4, 0.5) is 0 Å². The molecule has 0 fully saturated rings.